The zero-order chi connectivity index (χ0) is 21.2. The standard InChI is InChI=1S/C13H12.C2H8N2.C2H6O2.2CHNO/c1-3-7-12(8-4-1)11-13-9-5-2-6-10-13;2*3-1-2-4;2*2-1-3/h1-10H,11H2;1-4H2;3-4H,1-2H2;2*2H. The number of isocyanates is 2. The molecule has 0 aliphatic heterocycles. The number of nitrogens with two attached hydrogens (primary N) is 2. The molecule has 0 aliphatic rings. The summed E-state index contributed by atoms with van der Waals surface area (Å²) in [5.41, 5.74) is 12.5. The maximum atomic E-state index is 8.35. The predicted octanol–water partition coefficient (Wildman–Crippen LogP) is 0.954. The number of aliphatic hydroxyl groups is 2. The Morgan fingerprint density at radius 3 is 1.15 bits per heavy atom. The van der Waals surface area contributed by atoms with Gasteiger partial charge in [0.25, 0.3) is 0 Å². The van der Waals surface area contributed by atoms with Gasteiger partial charge in [0.2, 0.25) is 12.2 Å². The first kappa shape index (κ1) is 28.8. The van der Waals surface area contributed by atoms with Gasteiger partial charge < -0.3 is 21.7 Å². The van der Waals surface area contributed by atoms with Crippen LogP contribution in [-0.2, 0) is 16.0 Å². The molecule has 0 heterocycles. The van der Waals surface area contributed by atoms with Crippen LogP contribution in [0.4, 0.5) is 0 Å². The van der Waals surface area contributed by atoms with E-state index in [1.54, 1.807) is 0 Å². The summed E-state index contributed by atoms with van der Waals surface area (Å²) in [6, 6.07) is 21.1. The van der Waals surface area contributed by atoms with Crippen molar-refractivity contribution in [2.45, 2.75) is 6.42 Å². The highest BCUT2D eigenvalue weighted by molar-refractivity contribution is 5.26. The lowest BCUT2D eigenvalue weighted by molar-refractivity contribution is 0.186. The summed E-state index contributed by atoms with van der Waals surface area (Å²) in [6.45, 7) is 0.944. The van der Waals surface area contributed by atoms with Crippen molar-refractivity contribution in [3.63, 3.8) is 0 Å². The summed E-state index contributed by atoms with van der Waals surface area (Å²) in [5, 5.41) is 26.1. The third-order valence-electron chi connectivity index (χ3n) is 2.36. The Hall–Kier alpha value is -2.96. The third kappa shape index (κ3) is 28.1. The fourth-order valence-corrected chi connectivity index (χ4v) is 1.43. The minimum atomic E-state index is -0.125. The van der Waals surface area contributed by atoms with E-state index in [0.29, 0.717) is 13.1 Å². The maximum absolute atomic E-state index is 8.35. The molecule has 0 radical (unpaired) electrons. The number of carbonyl (C=O) groups excluding carboxylic acids is 2. The van der Waals surface area contributed by atoms with Crippen molar-refractivity contribution in [1.82, 2.24) is 0 Å². The zero-order valence-corrected chi connectivity index (χ0v) is 15.2. The normalized spacial score (nSPS) is 7.56. The Morgan fingerprint density at radius 2 is 0.963 bits per heavy atom. The third-order valence-corrected chi connectivity index (χ3v) is 2.36. The molecular formula is C19H28N4O4. The topological polar surface area (TPSA) is 174 Å². The number of benzene rings is 2. The fourth-order valence-electron chi connectivity index (χ4n) is 1.43. The molecule has 0 amide bonds. The number of aliphatic hydroxyl groups excluding tert-OH is 2. The van der Waals surface area contributed by atoms with Crippen LogP contribution >= 0.6 is 0 Å². The maximum Gasteiger partial charge on any atom is 0.231 e. The summed E-state index contributed by atoms with van der Waals surface area (Å²) in [5.74, 6) is 0. The Bertz CT molecular complexity index is 526. The van der Waals surface area contributed by atoms with E-state index < -0.39 is 0 Å². The van der Waals surface area contributed by atoms with Crippen molar-refractivity contribution < 1.29 is 19.8 Å². The number of hydrogen-bond acceptors (Lipinski definition) is 8. The second kappa shape index (κ2) is 27.9. The van der Waals surface area contributed by atoms with Gasteiger partial charge in [0.15, 0.2) is 0 Å². The van der Waals surface area contributed by atoms with Gasteiger partial charge >= 0.3 is 0 Å². The second-order valence-electron chi connectivity index (χ2n) is 4.38. The highest BCUT2D eigenvalue weighted by Crippen LogP contribution is 2.07. The van der Waals surface area contributed by atoms with Gasteiger partial charge in [0.1, 0.15) is 0 Å². The highest BCUT2D eigenvalue weighted by Gasteiger charge is 1.92. The van der Waals surface area contributed by atoms with Gasteiger partial charge in [-0.25, -0.2) is 20.4 Å². The van der Waals surface area contributed by atoms with Crippen molar-refractivity contribution >= 4 is 12.2 Å². The Labute approximate surface area is 159 Å². The van der Waals surface area contributed by atoms with Crippen molar-refractivity contribution in [2.24, 2.45) is 11.5 Å². The average Bonchev–Trinajstić information content (AvgIpc) is 2.71. The van der Waals surface area contributed by atoms with Crippen molar-refractivity contribution in [3.05, 3.63) is 71.8 Å². The Balaban J connectivity index is -0.000000343. The molecule has 0 saturated carbocycles. The Morgan fingerprint density at radius 1 is 0.704 bits per heavy atom. The first-order valence-electron chi connectivity index (χ1n) is 7.89. The molecule has 0 atom stereocenters. The summed E-state index contributed by atoms with van der Waals surface area (Å²) in [6.07, 6.45) is 2.53. The molecule has 0 saturated heterocycles. The molecule has 0 aliphatic carbocycles. The molecule has 0 fully saturated rings. The van der Waals surface area contributed by atoms with Gasteiger partial charge in [-0.3, -0.25) is 0 Å². The summed E-state index contributed by atoms with van der Waals surface area (Å²) in [4.78, 5) is 16.7. The molecule has 148 valence electrons. The van der Waals surface area contributed by atoms with E-state index in [2.05, 4.69) is 60.7 Å². The number of rotatable bonds is 4. The lowest BCUT2D eigenvalue weighted by Crippen LogP contribution is -2.11. The molecule has 8 N–H and O–H groups in total. The van der Waals surface area contributed by atoms with Crippen LogP contribution in [0.15, 0.2) is 60.7 Å². The van der Waals surface area contributed by atoms with E-state index in [-0.39, 0.29) is 13.2 Å². The molecule has 0 unspecified atom stereocenters. The predicted molar refractivity (Wildman–Crippen MR) is 105 cm³/mol. The minimum absolute atomic E-state index is 0.125. The minimum Gasteiger partial charge on any atom is -0.394 e. The first-order valence-corrected chi connectivity index (χ1v) is 7.89. The molecular weight excluding hydrogens is 348 g/mol. The largest absolute Gasteiger partial charge is 0.394 e. The molecule has 8 nitrogen and oxygen atoms in total. The molecule has 0 bridgehead atoms. The van der Waals surface area contributed by atoms with Crippen LogP contribution in [0.1, 0.15) is 11.1 Å². The fraction of sp³-hybridized carbons (Fsp3) is 0.263. The van der Waals surface area contributed by atoms with Crippen LogP contribution in [0.25, 0.3) is 0 Å². The smallest absolute Gasteiger partial charge is 0.231 e. The molecule has 8 heteroatoms. The van der Waals surface area contributed by atoms with Crippen LogP contribution in [0.3, 0.4) is 0 Å². The quantitative estimate of drug-likeness (QED) is 0.342. The molecule has 2 aromatic carbocycles. The van der Waals surface area contributed by atoms with Crippen LogP contribution in [0, 0.1) is 10.8 Å². The van der Waals surface area contributed by atoms with E-state index in [1.807, 2.05) is 0 Å². The first-order chi connectivity index (χ1) is 13.1. The van der Waals surface area contributed by atoms with E-state index in [9.17, 15) is 0 Å². The van der Waals surface area contributed by atoms with Crippen LogP contribution < -0.4 is 11.5 Å². The monoisotopic (exact) mass is 376 g/mol. The summed E-state index contributed by atoms with van der Waals surface area (Å²) < 4.78 is 0. The van der Waals surface area contributed by atoms with Crippen LogP contribution in [-0.4, -0.2) is 48.7 Å². The zero-order valence-electron chi connectivity index (χ0n) is 15.2. The Kier molecular flexibility index (Phi) is 29.8. The van der Waals surface area contributed by atoms with Gasteiger partial charge in [-0.2, -0.15) is 0 Å². The van der Waals surface area contributed by atoms with Crippen LogP contribution in [0.5, 0.6) is 0 Å². The van der Waals surface area contributed by atoms with Gasteiger partial charge in [-0.15, -0.1) is 0 Å². The van der Waals surface area contributed by atoms with Crippen molar-refractivity contribution in [2.75, 3.05) is 26.3 Å². The van der Waals surface area contributed by atoms with Crippen molar-refractivity contribution in [1.29, 1.82) is 10.8 Å². The van der Waals surface area contributed by atoms with Gasteiger partial charge in [-0.05, 0) is 17.5 Å². The molecule has 0 aromatic heterocycles. The van der Waals surface area contributed by atoms with Crippen LogP contribution in [0.2, 0.25) is 0 Å². The second-order valence-corrected chi connectivity index (χ2v) is 4.38. The number of hydrogen-bond donors (Lipinski definition) is 6. The highest BCUT2D eigenvalue weighted by atomic mass is 16.3. The van der Waals surface area contributed by atoms with Gasteiger partial charge in [0.05, 0.1) is 13.2 Å². The van der Waals surface area contributed by atoms with E-state index in [4.69, 9.17) is 42.1 Å². The summed E-state index contributed by atoms with van der Waals surface area (Å²) >= 11 is 0. The summed E-state index contributed by atoms with van der Waals surface area (Å²) in [7, 11) is 0. The number of nitrogens with one attached hydrogen (secondary N) is 2. The van der Waals surface area contributed by atoms with Crippen molar-refractivity contribution in [3.8, 4) is 0 Å². The van der Waals surface area contributed by atoms with Gasteiger partial charge in [-0.1, -0.05) is 60.7 Å². The van der Waals surface area contributed by atoms with Gasteiger partial charge in [0, 0.05) is 13.1 Å². The molecule has 2 rings (SSSR count). The van der Waals surface area contributed by atoms with E-state index in [1.165, 1.54) is 11.1 Å². The molecule has 0 spiro atoms. The SMILES string of the molecule is N=C=O.N=C=O.NCCN.OCCO.c1ccc(Cc2ccccc2)cc1. The lowest BCUT2D eigenvalue weighted by Gasteiger charge is -2.00. The average molecular weight is 376 g/mol. The lowest BCUT2D eigenvalue weighted by atomic mass is 10.1. The molecule has 2 aromatic rings. The van der Waals surface area contributed by atoms with E-state index in [0.717, 1.165) is 18.6 Å². The molecule has 27 heavy (non-hydrogen) atoms. The van der Waals surface area contributed by atoms with E-state index >= 15 is 0 Å².